The van der Waals surface area contributed by atoms with E-state index in [4.69, 9.17) is 0 Å². The molecule has 0 bridgehead atoms. The van der Waals surface area contributed by atoms with Crippen molar-refractivity contribution in [2.45, 2.75) is 0 Å². The maximum absolute atomic E-state index is 9.55. The lowest BCUT2D eigenvalue weighted by molar-refractivity contribution is 1.45. The quantitative estimate of drug-likeness (QED) is 0.160. The molecule has 0 atom stereocenters. The first-order valence-corrected chi connectivity index (χ1v) is 14.6. The second-order valence-corrected chi connectivity index (χ2v) is 11.1. The third-order valence-corrected chi connectivity index (χ3v) is 8.65. The summed E-state index contributed by atoms with van der Waals surface area (Å²) in [5.74, 6) is 0. The molecule has 0 aliphatic rings. The van der Waals surface area contributed by atoms with E-state index in [9.17, 15) is 10.5 Å². The fourth-order valence-corrected chi connectivity index (χ4v) is 6.75. The molecule has 0 saturated heterocycles. The SMILES string of the molecule is N#Cc1cc(C#N)cc(-c2ccc3cc(-c4c5ccccc5c(-c5ccccc5)c5ccccc45)c4ccccc4c3c2)c1. The predicted octanol–water partition coefficient (Wildman–Crippen LogP) is 11.0. The molecule has 0 aliphatic heterocycles. The summed E-state index contributed by atoms with van der Waals surface area (Å²) in [6.45, 7) is 0. The van der Waals surface area contributed by atoms with Crippen LogP contribution in [0.3, 0.4) is 0 Å². The molecule has 0 radical (unpaired) electrons. The van der Waals surface area contributed by atoms with Gasteiger partial charge in [0.25, 0.3) is 0 Å². The number of nitrogens with zero attached hydrogens (tertiary/aromatic N) is 2. The van der Waals surface area contributed by atoms with Crippen LogP contribution < -0.4 is 0 Å². The van der Waals surface area contributed by atoms with Crippen LogP contribution in [0.15, 0.2) is 146 Å². The molecule has 0 spiro atoms. The Morgan fingerprint density at radius 1 is 0.341 bits per heavy atom. The van der Waals surface area contributed by atoms with E-state index in [-0.39, 0.29) is 0 Å². The van der Waals surface area contributed by atoms with Gasteiger partial charge in [0.15, 0.2) is 0 Å². The van der Waals surface area contributed by atoms with Crippen LogP contribution in [0.2, 0.25) is 0 Å². The van der Waals surface area contributed by atoms with Gasteiger partial charge < -0.3 is 0 Å². The molecular weight excluding hydrogens is 532 g/mol. The minimum absolute atomic E-state index is 0.483. The van der Waals surface area contributed by atoms with E-state index >= 15 is 0 Å². The topological polar surface area (TPSA) is 47.6 Å². The molecule has 8 rings (SSSR count). The molecule has 0 aromatic heterocycles. The smallest absolute Gasteiger partial charge is 0.0992 e. The number of benzene rings is 8. The van der Waals surface area contributed by atoms with Crippen molar-refractivity contribution >= 4 is 43.1 Å². The Hall–Kier alpha value is -6.22. The molecule has 0 amide bonds. The van der Waals surface area contributed by atoms with Gasteiger partial charge in [0, 0.05) is 0 Å². The van der Waals surface area contributed by atoms with E-state index in [1.807, 2.05) is 12.1 Å². The van der Waals surface area contributed by atoms with Crippen LogP contribution >= 0.6 is 0 Å². The van der Waals surface area contributed by atoms with Crippen molar-refractivity contribution in [2.24, 2.45) is 0 Å². The first-order valence-electron chi connectivity index (χ1n) is 14.6. The molecule has 0 fully saturated rings. The summed E-state index contributed by atoms with van der Waals surface area (Å²) in [5.41, 5.74) is 7.71. The Kier molecular flexibility index (Phi) is 5.94. The zero-order valence-electron chi connectivity index (χ0n) is 23.8. The number of nitriles is 2. The molecule has 8 aromatic rings. The average Bonchev–Trinajstić information content (AvgIpc) is 3.10. The highest BCUT2D eigenvalue weighted by Gasteiger charge is 2.19. The van der Waals surface area contributed by atoms with Gasteiger partial charge in [-0.05, 0) is 107 Å². The van der Waals surface area contributed by atoms with Crippen molar-refractivity contribution in [1.82, 2.24) is 0 Å². The van der Waals surface area contributed by atoms with Crippen LogP contribution in [-0.2, 0) is 0 Å². The van der Waals surface area contributed by atoms with Crippen molar-refractivity contribution in [3.8, 4) is 45.5 Å². The number of hydrogen-bond donors (Lipinski definition) is 0. The Morgan fingerprint density at radius 2 is 0.864 bits per heavy atom. The van der Waals surface area contributed by atoms with E-state index < -0.39 is 0 Å². The van der Waals surface area contributed by atoms with Gasteiger partial charge in [-0.15, -0.1) is 0 Å². The summed E-state index contributed by atoms with van der Waals surface area (Å²) < 4.78 is 0. The van der Waals surface area contributed by atoms with Crippen molar-refractivity contribution in [3.63, 3.8) is 0 Å². The minimum atomic E-state index is 0.483. The second-order valence-electron chi connectivity index (χ2n) is 11.1. The van der Waals surface area contributed by atoms with Crippen molar-refractivity contribution in [3.05, 3.63) is 157 Å². The Labute approximate surface area is 255 Å². The third-order valence-electron chi connectivity index (χ3n) is 8.65. The van der Waals surface area contributed by atoms with Crippen LogP contribution in [0.25, 0.3) is 76.5 Å². The highest BCUT2D eigenvalue weighted by molar-refractivity contribution is 6.25. The van der Waals surface area contributed by atoms with E-state index in [0.717, 1.165) is 21.9 Å². The molecule has 202 valence electrons. The molecule has 0 saturated carbocycles. The third kappa shape index (κ3) is 4.02. The molecule has 0 aliphatic carbocycles. The first kappa shape index (κ1) is 25.5. The highest BCUT2D eigenvalue weighted by Crippen LogP contribution is 2.46. The highest BCUT2D eigenvalue weighted by atomic mass is 14.3. The zero-order chi connectivity index (χ0) is 29.6. The van der Waals surface area contributed by atoms with Crippen LogP contribution in [0.4, 0.5) is 0 Å². The lowest BCUT2D eigenvalue weighted by Crippen LogP contribution is -1.92. The molecule has 2 heteroatoms. The standard InChI is InChI=1S/C42H24N2/c43-25-27-20-28(26-44)22-32(21-27)30-18-19-31-24-40(34-13-5-4-12-33(34)39(31)23-30)42-37-16-8-6-14-35(37)41(29-10-2-1-3-11-29)36-15-7-9-17-38(36)42/h1-24H. The van der Waals surface area contributed by atoms with Crippen LogP contribution in [-0.4, -0.2) is 0 Å². The molecule has 0 N–H and O–H groups in total. The molecule has 8 aromatic carbocycles. The van der Waals surface area contributed by atoms with E-state index in [1.54, 1.807) is 6.07 Å². The normalized spacial score (nSPS) is 11.1. The lowest BCUT2D eigenvalue weighted by atomic mass is 9.83. The van der Waals surface area contributed by atoms with E-state index in [0.29, 0.717) is 11.1 Å². The van der Waals surface area contributed by atoms with Crippen molar-refractivity contribution in [2.75, 3.05) is 0 Å². The van der Waals surface area contributed by atoms with Gasteiger partial charge in [0.1, 0.15) is 0 Å². The fourth-order valence-electron chi connectivity index (χ4n) is 6.75. The van der Waals surface area contributed by atoms with Crippen molar-refractivity contribution < 1.29 is 0 Å². The van der Waals surface area contributed by atoms with Crippen molar-refractivity contribution in [1.29, 1.82) is 10.5 Å². The maximum atomic E-state index is 9.55. The van der Waals surface area contributed by atoms with Gasteiger partial charge in [-0.2, -0.15) is 10.5 Å². The summed E-state index contributed by atoms with van der Waals surface area (Å²) in [6.07, 6.45) is 0. The van der Waals surface area contributed by atoms with E-state index in [1.165, 1.54) is 54.6 Å². The number of rotatable bonds is 3. The lowest BCUT2D eigenvalue weighted by Gasteiger charge is -2.19. The first-order chi connectivity index (χ1) is 21.7. The maximum Gasteiger partial charge on any atom is 0.0992 e. The van der Waals surface area contributed by atoms with Gasteiger partial charge in [-0.3, -0.25) is 0 Å². The summed E-state index contributed by atoms with van der Waals surface area (Å²) >= 11 is 0. The predicted molar refractivity (Wildman–Crippen MR) is 182 cm³/mol. The summed E-state index contributed by atoms with van der Waals surface area (Å²) in [4.78, 5) is 0. The fraction of sp³-hybridized carbons (Fsp3) is 0. The van der Waals surface area contributed by atoms with Gasteiger partial charge in [-0.1, -0.05) is 115 Å². The molecule has 2 nitrogen and oxygen atoms in total. The summed E-state index contributed by atoms with van der Waals surface area (Å²) in [5, 5.41) is 28.7. The Bertz CT molecular complexity index is 2420. The number of hydrogen-bond acceptors (Lipinski definition) is 2. The van der Waals surface area contributed by atoms with Gasteiger partial charge in [0.05, 0.1) is 23.3 Å². The summed E-state index contributed by atoms with van der Waals surface area (Å²) in [7, 11) is 0. The molecule has 0 heterocycles. The minimum Gasteiger partial charge on any atom is -0.192 e. The van der Waals surface area contributed by atoms with Crippen LogP contribution in [0, 0.1) is 22.7 Å². The Balaban J connectivity index is 1.45. The largest absolute Gasteiger partial charge is 0.192 e. The monoisotopic (exact) mass is 556 g/mol. The second kappa shape index (κ2) is 10.2. The van der Waals surface area contributed by atoms with Crippen LogP contribution in [0.5, 0.6) is 0 Å². The van der Waals surface area contributed by atoms with Gasteiger partial charge in [0.2, 0.25) is 0 Å². The Morgan fingerprint density at radius 3 is 1.45 bits per heavy atom. The molecule has 44 heavy (non-hydrogen) atoms. The van der Waals surface area contributed by atoms with Gasteiger partial charge in [-0.25, -0.2) is 0 Å². The van der Waals surface area contributed by atoms with E-state index in [2.05, 4.69) is 140 Å². The molecular formula is C42H24N2. The van der Waals surface area contributed by atoms with Gasteiger partial charge >= 0.3 is 0 Å². The number of fused-ring (bicyclic) bond motifs is 5. The average molecular weight is 557 g/mol. The summed E-state index contributed by atoms with van der Waals surface area (Å²) in [6, 6.07) is 55.3. The van der Waals surface area contributed by atoms with Crippen LogP contribution in [0.1, 0.15) is 11.1 Å². The molecule has 0 unspecified atom stereocenters. The zero-order valence-corrected chi connectivity index (χ0v) is 23.8.